The second-order valence-corrected chi connectivity index (χ2v) is 2.48. The van der Waals surface area contributed by atoms with Gasteiger partial charge < -0.3 is 16.5 Å². The fraction of sp³-hybridized carbons (Fsp3) is 0.286. The van der Waals surface area contributed by atoms with E-state index in [1.165, 1.54) is 6.20 Å². The van der Waals surface area contributed by atoms with Crippen LogP contribution in [0.5, 0.6) is 0 Å². The highest BCUT2D eigenvalue weighted by Crippen LogP contribution is 2.02. The van der Waals surface area contributed by atoms with Crippen molar-refractivity contribution in [2.24, 2.45) is 5.73 Å². The van der Waals surface area contributed by atoms with Crippen molar-refractivity contribution in [3.05, 3.63) is 28.2 Å². The third-order valence-corrected chi connectivity index (χ3v) is 1.49. The Kier molecular flexibility index (Phi) is 1.96. The van der Waals surface area contributed by atoms with Crippen molar-refractivity contribution in [1.82, 2.24) is 4.98 Å². The average Bonchev–Trinajstić information content (AvgIpc) is 1.94. The van der Waals surface area contributed by atoms with E-state index < -0.39 is 0 Å². The summed E-state index contributed by atoms with van der Waals surface area (Å²) in [5.41, 5.74) is 11.4. The summed E-state index contributed by atoms with van der Waals surface area (Å²) in [6.45, 7) is 1.74. The zero-order chi connectivity index (χ0) is 8.43. The van der Waals surface area contributed by atoms with Gasteiger partial charge in [-0.25, -0.2) is 0 Å². The molecule has 0 aromatic carbocycles. The lowest BCUT2D eigenvalue weighted by molar-refractivity contribution is 0.804. The Morgan fingerprint density at radius 2 is 2.18 bits per heavy atom. The monoisotopic (exact) mass is 153 g/mol. The smallest absolute Gasteiger partial charge is 0.209 e. The first-order chi connectivity index (χ1) is 5.13. The lowest BCUT2D eigenvalue weighted by Crippen LogP contribution is -2.19. The van der Waals surface area contributed by atoms with Crippen LogP contribution in [0.25, 0.3) is 0 Å². The van der Waals surface area contributed by atoms with Crippen LogP contribution in [0.15, 0.2) is 17.2 Å². The number of hydrogen-bond donors (Lipinski definition) is 3. The summed E-state index contributed by atoms with van der Waals surface area (Å²) in [7, 11) is 0. The van der Waals surface area contributed by atoms with E-state index in [1.807, 2.05) is 0 Å². The predicted octanol–water partition coefficient (Wildman–Crippen LogP) is -0.0232. The first-order valence-corrected chi connectivity index (χ1v) is 3.35. The van der Waals surface area contributed by atoms with Crippen LogP contribution in [0.4, 0.5) is 5.69 Å². The minimum atomic E-state index is -0.276. The normalized spacial score (nSPS) is 12.9. The number of nitrogen functional groups attached to an aromatic ring is 1. The van der Waals surface area contributed by atoms with Crippen molar-refractivity contribution >= 4 is 5.69 Å². The Hall–Kier alpha value is -1.29. The number of aromatic amines is 1. The van der Waals surface area contributed by atoms with Crippen LogP contribution in [0.3, 0.4) is 0 Å². The number of nitrogens with one attached hydrogen (secondary N) is 1. The Bertz CT molecular complexity index is 303. The molecule has 5 N–H and O–H groups in total. The molecule has 1 aromatic rings. The van der Waals surface area contributed by atoms with Crippen molar-refractivity contribution in [2.75, 3.05) is 5.73 Å². The van der Waals surface area contributed by atoms with E-state index in [-0.39, 0.29) is 17.2 Å². The summed E-state index contributed by atoms with van der Waals surface area (Å²) in [5, 5.41) is 0. The Balaban J connectivity index is 3.28. The first kappa shape index (κ1) is 7.81. The largest absolute Gasteiger partial charge is 0.394 e. The molecule has 0 unspecified atom stereocenters. The van der Waals surface area contributed by atoms with Crippen LogP contribution in [-0.2, 0) is 0 Å². The van der Waals surface area contributed by atoms with Gasteiger partial charge in [-0.1, -0.05) is 0 Å². The molecule has 1 aromatic heterocycles. The molecule has 0 spiro atoms. The molecule has 0 radical (unpaired) electrons. The SMILES string of the molecule is C[C@@H](N)c1c[nH]cc(N)c1=O. The number of pyridine rings is 1. The van der Waals surface area contributed by atoms with Gasteiger partial charge in [0.25, 0.3) is 0 Å². The minimum Gasteiger partial charge on any atom is -0.394 e. The maximum absolute atomic E-state index is 11.2. The van der Waals surface area contributed by atoms with Gasteiger partial charge in [0, 0.05) is 24.0 Å². The lowest BCUT2D eigenvalue weighted by atomic mass is 10.1. The summed E-state index contributed by atoms with van der Waals surface area (Å²) >= 11 is 0. The summed E-state index contributed by atoms with van der Waals surface area (Å²) in [4.78, 5) is 13.9. The van der Waals surface area contributed by atoms with Crippen LogP contribution in [0.1, 0.15) is 18.5 Å². The van der Waals surface area contributed by atoms with E-state index in [0.29, 0.717) is 5.56 Å². The van der Waals surface area contributed by atoms with Crippen LogP contribution in [-0.4, -0.2) is 4.98 Å². The van der Waals surface area contributed by atoms with Gasteiger partial charge in [-0.15, -0.1) is 0 Å². The molecule has 11 heavy (non-hydrogen) atoms. The molecule has 0 amide bonds. The third-order valence-electron chi connectivity index (χ3n) is 1.49. The van der Waals surface area contributed by atoms with Crippen LogP contribution in [0, 0.1) is 0 Å². The van der Waals surface area contributed by atoms with E-state index >= 15 is 0 Å². The number of nitrogens with two attached hydrogens (primary N) is 2. The highest BCUT2D eigenvalue weighted by atomic mass is 16.1. The maximum atomic E-state index is 11.2. The molecule has 1 rings (SSSR count). The van der Waals surface area contributed by atoms with Gasteiger partial charge in [0.05, 0.1) is 5.69 Å². The number of rotatable bonds is 1. The topological polar surface area (TPSA) is 84.9 Å². The summed E-state index contributed by atoms with van der Waals surface area (Å²) in [6, 6.07) is -0.276. The fourth-order valence-corrected chi connectivity index (χ4v) is 0.857. The Labute approximate surface area is 64.2 Å². The van der Waals surface area contributed by atoms with Crippen molar-refractivity contribution in [1.29, 1.82) is 0 Å². The standard InChI is InChI=1S/C7H11N3O/c1-4(8)5-2-10-3-6(9)7(5)11/h2-4H,8-9H2,1H3,(H,10,11)/t4-/m1/s1. The second-order valence-electron chi connectivity index (χ2n) is 2.48. The van der Waals surface area contributed by atoms with Gasteiger partial charge in [0.15, 0.2) is 0 Å². The molecular formula is C7H11N3O. The van der Waals surface area contributed by atoms with Gasteiger partial charge in [0.2, 0.25) is 5.43 Å². The molecule has 1 atom stereocenters. The maximum Gasteiger partial charge on any atom is 0.209 e. The van der Waals surface area contributed by atoms with Crippen molar-refractivity contribution in [3.63, 3.8) is 0 Å². The number of aromatic nitrogens is 1. The van der Waals surface area contributed by atoms with E-state index in [0.717, 1.165) is 0 Å². The van der Waals surface area contributed by atoms with Crippen molar-refractivity contribution in [2.45, 2.75) is 13.0 Å². The predicted molar refractivity (Wildman–Crippen MR) is 44.1 cm³/mol. The number of H-pyrrole nitrogens is 1. The van der Waals surface area contributed by atoms with Crippen molar-refractivity contribution < 1.29 is 0 Å². The van der Waals surface area contributed by atoms with E-state index in [4.69, 9.17) is 11.5 Å². The minimum absolute atomic E-state index is 0.182. The molecule has 1 heterocycles. The third kappa shape index (κ3) is 1.40. The zero-order valence-corrected chi connectivity index (χ0v) is 6.29. The Morgan fingerprint density at radius 3 is 2.64 bits per heavy atom. The molecule has 0 aliphatic heterocycles. The number of anilines is 1. The Morgan fingerprint density at radius 1 is 1.55 bits per heavy atom. The van der Waals surface area contributed by atoms with Gasteiger partial charge >= 0.3 is 0 Å². The van der Waals surface area contributed by atoms with Crippen LogP contribution >= 0.6 is 0 Å². The molecule has 4 nitrogen and oxygen atoms in total. The summed E-state index contributed by atoms with van der Waals surface area (Å²) in [5.74, 6) is 0. The first-order valence-electron chi connectivity index (χ1n) is 3.35. The number of hydrogen-bond acceptors (Lipinski definition) is 3. The van der Waals surface area contributed by atoms with E-state index in [2.05, 4.69) is 4.98 Å². The van der Waals surface area contributed by atoms with Gasteiger partial charge in [0.1, 0.15) is 0 Å². The summed E-state index contributed by atoms with van der Waals surface area (Å²) < 4.78 is 0. The molecule has 60 valence electrons. The molecule has 0 aliphatic rings. The van der Waals surface area contributed by atoms with Crippen molar-refractivity contribution in [3.8, 4) is 0 Å². The zero-order valence-electron chi connectivity index (χ0n) is 6.29. The molecule has 4 heteroatoms. The fourth-order valence-electron chi connectivity index (χ4n) is 0.857. The average molecular weight is 153 g/mol. The molecule has 0 saturated carbocycles. The molecule has 0 bridgehead atoms. The van der Waals surface area contributed by atoms with Gasteiger partial charge in [-0.3, -0.25) is 4.79 Å². The van der Waals surface area contributed by atoms with E-state index in [9.17, 15) is 4.79 Å². The molecular weight excluding hydrogens is 142 g/mol. The van der Waals surface area contributed by atoms with Gasteiger partial charge in [-0.05, 0) is 6.92 Å². The molecule has 0 saturated heterocycles. The van der Waals surface area contributed by atoms with Gasteiger partial charge in [-0.2, -0.15) is 0 Å². The summed E-state index contributed by atoms with van der Waals surface area (Å²) in [6.07, 6.45) is 3.03. The lowest BCUT2D eigenvalue weighted by Gasteiger charge is -2.03. The van der Waals surface area contributed by atoms with Crippen LogP contribution in [0.2, 0.25) is 0 Å². The van der Waals surface area contributed by atoms with Crippen LogP contribution < -0.4 is 16.9 Å². The molecule has 0 aliphatic carbocycles. The quantitative estimate of drug-likeness (QED) is 0.530. The second kappa shape index (κ2) is 2.75. The highest BCUT2D eigenvalue weighted by molar-refractivity contribution is 5.37. The highest BCUT2D eigenvalue weighted by Gasteiger charge is 2.05. The van der Waals surface area contributed by atoms with E-state index in [1.54, 1.807) is 13.1 Å². The molecule has 0 fully saturated rings.